The average molecular weight is 559 g/mol. The molecule has 1 aromatic carbocycles. The number of alkyl halides is 6. The number of quaternary nitrogens is 1. The summed E-state index contributed by atoms with van der Waals surface area (Å²) in [6.45, 7) is -0.164. The van der Waals surface area contributed by atoms with Crippen molar-refractivity contribution in [3.8, 4) is 0 Å². The van der Waals surface area contributed by atoms with Crippen molar-refractivity contribution < 1.29 is 59.9 Å². The number of hydrogen-bond acceptors (Lipinski definition) is 5. The van der Waals surface area contributed by atoms with Gasteiger partial charge in [-0.05, 0) is 12.5 Å². The Kier molecular flexibility index (Phi) is 8.09. The van der Waals surface area contributed by atoms with Crippen LogP contribution in [0, 0.1) is 17.5 Å². The minimum Gasteiger partial charge on any atom is -0.542 e. The van der Waals surface area contributed by atoms with E-state index in [1.165, 1.54) is 4.90 Å². The summed E-state index contributed by atoms with van der Waals surface area (Å²) in [5, 5.41) is 15.5. The Labute approximate surface area is 207 Å². The van der Waals surface area contributed by atoms with Crippen molar-refractivity contribution in [2.45, 2.75) is 50.2 Å². The van der Waals surface area contributed by atoms with Crippen molar-refractivity contribution in [1.29, 1.82) is 0 Å². The summed E-state index contributed by atoms with van der Waals surface area (Å²) < 4.78 is 112. The van der Waals surface area contributed by atoms with Crippen LogP contribution in [0.4, 0.5) is 39.5 Å². The number of nitrogens with zero attached hydrogens (tertiary/aromatic N) is 4. The lowest BCUT2D eigenvalue weighted by Gasteiger charge is -2.31. The van der Waals surface area contributed by atoms with Crippen LogP contribution in [-0.2, 0) is 28.9 Å². The average Bonchev–Trinajstić information content (AvgIpc) is 3.25. The standard InChI is InChI=1S/C19H17F6N5O.C2HF3O2/c20-12-7-14(22)13(21)6-11(12)10-2-1-9(5-15(10)26)17(31)29-3-4-30-16(8-29)27-28-18(30)19(23,24)25;3-2(4,5)1(6)7/h1,6-7,10,15H,2-5,8,26H2;(H,6,7)/t10-,15+;/m1./s1. The lowest BCUT2D eigenvalue weighted by Crippen LogP contribution is -2.64. The predicted molar refractivity (Wildman–Crippen MR) is 105 cm³/mol. The Balaban J connectivity index is 0.000000505. The van der Waals surface area contributed by atoms with Crippen LogP contribution in [0.5, 0.6) is 0 Å². The molecule has 0 fully saturated rings. The predicted octanol–water partition coefficient (Wildman–Crippen LogP) is 1.47. The maximum atomic E-state index is 14.1. The van der Waals surface area contributed by atoms with Gasteiger partial charge in [-0.3, -0.25) is 4.79 Å². The maximum absolute atomic E-state index is 14.1. The van der Waals surface area contributed by atoms with Gasteiger partial charge < -0.3 is 25.1 Å². The van der Waals surface area contributed by atoms with E-state index in [1.54, 1.807) is 6.08 Å². The Morgan fingerprint density at radius 2 is 1.58 bits per heavy atom. The number of benzene rings is 1. The van der Waals surface area contributed by atoms with Crippen LogP contribution in [-0.4, -0.2) is 50.3 Å². The Morgan fingerprint density at radius 3 is 2.13 bits per heavy atom. The monoisotopic (exact) mass is 559 g/mol. The second-order valence-electron chi connectivity index (χ2n) is 8.42. The molecule has 2 aliphatic rings. The third-order valence-corrected chi connectivity index (χ3v) is 5.91. The molecular formula is C21H18F9N5O3. The summed E-state index contributed by atoms with van der Waals surface area (Å²) in [6.07, 6.45) is -7.87. The molecular weight excluding hydrogens is 541 g/mol. The van der Waals surface area contributed by atoms with E-state index in [4.69, 9.17) is 9.90 Å². The minimum atomic E-state index is -5.19. The number of allylic oxidation sites excluding steroid dienone is 1. The van der Waals surface area contributed by atoms with E-state index < -0.39 is 53.6 Å². The van der Waals surface area contributed by atoms with Crippen LogP contribution in [0.25, 0.3) is 0 Å². The van der Waals surface area contributed by atoms with Gasteiger partial charge in [0.05, 0.1) is 12.6 Å². The normalized spacial score (nSPS) is 19.7. The van der Waals surface area contributed by atoms with Crippen LogP contribution in [0.15, 0.2) is 23.8 Å². The van der Waals surface area contributed by atoms with Gasteiger partial charge in [-0.2, -0.15) is 26.3 Å². The zero-order chi connectivity index (χ0) is 28.6. The number of carbonyl (C=O) groups is 2. The highest BCUT2D eigenvalue weighted by atomic mass is 19.4. The highest BCUT2D eigenvalue weighted by molar-refractivity contribution is 5.93. The highest BCUT2D eigenvalue weighted by Gasteiger charge is 2.40. The number of aliphatic carboxylic acids is 1. The second kappa shape index (κ2) is 10.6. The number of carboxylic acid groups (broad SMARTS) is 1. The van der Waals surface area contributed by atoms with E-state index in [0.29, 0.717) is 11.6 Å². The zero-order valence-corrected chi connectivity index (χ0v) is 19.0. The molecule has 3 N–H and O–H groups in total. The molecule has 2 atom stereocenters. The quantitative estimate of drug-likeness (QED) is 0.442. The lowest BCUT2D eigenvalue weighted by molar-refractivity contribution is -0.426. The number of rotatable bonds is 2. The molecule has 38 heavy (non-hydrogen) atoms. The van der Waals surface area contributed by atoms with Gasteiger partial charge in [0.1, 0.15) is 11.8 Å². The molecule has 208 valence electrons. The number of carboxylic acids is 1. The van der Waals surface area contributed by atoms with Gasteiger partial charge in [0.15, 0.2) is 17.5 Å². The van der Waals surface area contributed by atoms with Crippen molar-refractivity contribution in [1.82, 2.24) is 19.7 Å². The topological polar surface area (TPSA) is 119 Å². The molecule has 0 spiro atoms. The summed E-state index contributed by atoms with van der Waals surface area (Å²) in [4.78, 5) is 23.0. The van der Waals surface area contributed by atoms with Crippen LogP contribution in [0.2, 0.25) is 0 Å². The van der Waals surface area contributed by atoms with Gasteiger partial charge in [0.25, 0.3) is 0 Å². The maximum Gasteiger partial charge on any atom is 0.451 e. The lowest BCUT2D eigenvalue weighted by atomic mass is 9.80. The van der Waals surface area contributed by atoms with Gasteiger partial charge in [0.2, 0.25) is 11.7 Å². The molecule has 1 aliphatic heterocycles. The van der Waals surface area contributed by atoms with Crippen molar-refractivity contribution in [2.75, 3.05) is 6.54 Å². The highest BCUT2D eigenvalue weighted by Crippen LogP contribution is 2.34. The molecule has 0 unspecified atom stereocenters. The second-order valence-corrected chi connectivity index (χ2v) is 8.42. The van der Waals surface area contributed by atoms with E-state index in [0.717, 1.165) is 10.6 Å². The minimum absolute atomic E-state index is 0.00703. The Bertz CT molecular complexity index is 1260. The summed E-state index contributed by atoms with van der Waals surface area (Å²) in [5.74, 6) is -8.30. The van der Waals surface area contributed by atoms with Crippen LogP contribution < -0.4 is 10.8 Å². The molecule has 0 saturated heterocycles. The fourth-order valence-electron chi connectivity index (χ4n) is 4.09. The van der Waals surface area contributed by atoms with Gasteiger partial charge >= 0.3 is 12.4 Å². The number of hydrogen-bond donors (Lipinski definition) is 1. The van der Waals surface area contributed by atoms with Gasteiger partial charge in [-0.15, -0.1) is 10.2 Å². The van der Waals surface area contributed by atoms with Crippen molar-refractivity contribution in [2.24, 2.45) is 0 Å². The van der Waals surface area contributed by atoms with E-state index in [9.17, 15) is 44.3 Å². The summed E-state index contributed by atoms with van der Waals surface area (Å²) in [7, 11) is 0. The van der Waals surface area contributed by atoms with E-state index in [2.05, 4.69) is 15.9 Å². The summed E-state index contributed by atoms with van der Waals surface area (Å²) in [5.41, 5.74) is 4.33. The largest absolute Gasteiger partial charge is 0.542 e. The number of halogens is 9. The van der Waals surface area contributed by atoms with Gasteiger partial charge in [-0.25, -0.2) is 13.2 Å². The third-order valence-electron chi connectivity index (χ3n) is 5.91. The number of fused-ring (bicyclic) bond motifs is 1. The SMILES string of the molecule is O=C([O-])C(F)(F)F.[NH3+][C@H]1CC(C(=O)N2CCn3c(nnc3C(F)(F)F)C2)=CC[C@@H]1c1cc(F)c(F)cc1F. The third kappa shape index (κ3) is 6.25. The zero-order valence-electron chi connectivity index (χ0n) is 19.0. The first-order chi connectivity index (χ1) is 17.5. The number of amides is 1. The first-order valence-corrected chi connectivity index (χ1v) is 10.7. The molecule has 0 saturated carbocycles. The van der Waals surface area contributed by atoms with Crippen LogP contribution in [0.3, 0.4) is 0 Å². The number of carbonyl (C=O) groups excluding carboxylic acids is 2. The molecule has 4 rings (SSSR count). The summed E-state index contributed by atoms with van der Waals surface area (Å²) >= 11 is 0. The fraction of sp³-hybridized carbons (Fsp3) is 0.429. The van der Waals surface area contributed by atoms with E-state index in [1.807, 2.05) is 0 Å². The molecule has 0 radical (unpaired) electrons. The molecule has 8 nitrogen and oxygen atoms in total. The Morgan fingerprint density at radius 1 is 0.974 bits per heavy atom. The van der Waals surface area contributed by atoms with Crippen molar-refractivity contribution in [3.05, 3.63) is 58.4 Å². The number of aromatic nitrogens is 3. The molecule has 2 heterocycles. The fourth-order valence-corrected chi connectivity index (χ4v) is 4.09. The van der Waals surface area contributed by atoms with Gasteiger partial charge in [-0.1, -0.05) is 6.08 Å². The summed E-state index contributed by atoms with van der Waals surface area (Å²) in [6, 6.07) is 0.818. The van der Waals surface area contributed by atoms with Crippen LogP contribution in [0.1, 0.15) is 36.0 Å². The molecule has 0 bridgehead atoms. The van der Waals surface area contributed by atoms with Gasteiger partial charge in [0, 0.05) is 42.6 Å². The molecule has 2 aromatic rings. The van der Waals surface area contributed by atoms with Crippen molar-refractivity contribution >= 4 is 11.9 Å². The molecule has 1 aromatic heterocycles. The van der Waals surface area contributed by atoms with Crippen LogP contribution >= 0.6 is 0 Å². The van der Waals surface area contributed by atoms with E-state index >= 15 is 0 Å². The molecule has 1 aliphatic carbocycles. The molecule has 17 heteroatoms. The van der Waals surface area contributed by atoms with Crippen molar-refractivity contribution in [3.63, 3.8) is 0 Å². The first kappa shape index (κ1) is 28.9. The first-order valence-electron chi connectivity index (χ1n) is 10.7. The van der Waals surface area contributed by atoms with E-state index in [-0.39, 0.29) is 49.8 Å². The molecule has 1 amide bonds. The Hall–Kier alpha value is -3.63. The smallest absolute Gasteiger partial charge is 0.451 e.